The van der Waals surface area contributed by atoms with Crippen LogP contribution in [0.4, 0.5) is 15.8 Å². The Morgan fingerprint density at radius 3 is 2.63 bits per heavy atom. The molecule has 11 heteroatoms. The van der Waals surface area contributed by atoms with Crippen LogP contribution in [0, 0.1) is 22.9 Å². The number of nitrogens with zero attached hydrogens (tertiary/aromatic N) is 1. The molecule has 0 heterocycles. The van der Waals surface area contributed by atoms with Crippen LogP contribution in [0.3, 0.4) is 0 Å². The van der Waals surface area contributed by atoms with Gasteiger partial charge in [0.05, 0.1) is 30.3 Å². The number of hydrogen-bond acceptors (Lipinski definition) is 7. The summed E-state index contributed by atoms with van der Waals surface area (Å²) in [7, 11) is 0. The minimum Gasteiger partial charge on any atom is -0.481 e. The Balaban J connectivity index is 0.000000382. The first-order valence-corrected chi connectivity index (χ1v) is 9.19. The maximum absolute atomic E-state index is 13.7. The second kappa shape index (κ2) is 13.3. The van der Waals surface area contributed by atoms with Crippen LogP contribution < -0.4 is 11.1 Å². The maximum Gasteiger partial charge on any atom is 0.307 e. The molecule has 0 bridgehead atoms. The summed E-state index contributed by atoms with van der Waals surface area (Å²) in [4.78, 5) is 24.4. The molecule has 0 amide bonds. The number of carboxylic acid groups (broad SMARTS) is 1. The highest BCUT2D eigenvalue weighted by atomic mass is 35.5. The van der Waals surface area contributed by atoms with E-state index in [2.05, 4.69) is 10.2 Å². The molecule has 2 aromatic rings. The van der Waals surface area contributed by atoms with Gasteiger partial charge in [0, 0.05) is 12.2 Å². The number of rotatable bonds is 10. The van der Waals surface area contributed by atoms with E-state index in [0.29, 0.717) is 24.4 Å². The van der Waals surface area contributed by atoms with Crippen LogP contribution in [0.15, 0.2) is 36.4 Å². The van der Waals surface area contributed by atoms with Crippen molar-refractivity contribution in [1.29, 1.82) is 0 Å². The molecule has 0 saturated heterocycles. The van der Waals surface area contributed by atoms with E-state index in [4.69, 9.17) is 27.2 Å². The van der Waals surface area contributed by atoms with Crippen molar-refractivity contribution >= 4 is 28.9 Å². The zero-order valence-corrected chi connectivity index (χ0v) is 17.0. The summed E-state index contributed by atoms with van der Waals surface area (Å²) in [6.45, 7) is 2.86. The fourth-order valence-corrected chi connectivity index (χ4v) is 2.47. The molecule has 0 radical (unpaired) electrons. The van der Waals surface area contributed by atoms with Gasteiger partial charge in [0.1, 0.15) is 12.4 Å². The van der Waals surface area contributed by atoms with Crippen molar-refractivity contribution < 1.29 is 29.0 Å². The number of hydrogen-bond donors (Lipinski definition) is 3. The van der Waals surface area contributed by atoms with Crippen LogP contribution in [0.25, 0.3) is 0 Å². The molecule has 164 valence electrons. The Hall–Kier alpha value is -2.95. The molecular formula is C19H23ClFN3O6. The zero-order valence-electron chi connectivity index (χ0n) is 16.3. The van der Waals surface area contributed by atoms with E-state index in [9.17, 15) is 19.3 Å². The lowest BCUT2D eigenvalue weighted by molar-refractivity contribution is -0.758. The van der Waals surface area contributed by atoms with Gasteiger partial charge >= 0.3 is 5.97 Å². The highest BCUT2D eigenvalue weighted by molar-refractivity contribution is 6.33. The largest absolute Gasteiger partial charge is 0.481 e. The topological polar surface area (TPSA) is 137 Å². The predicted octanol–water partition coefficient (Wildman–Crippen LogP) is 3.33. The number of ether oxygens (including phenoxy) is 1. The van der Waals surface area contributed by atoms with Crippen LogP contribution in [0.1, 0.15) is 11.1 Å². The monoisotopic (exact) mass is 443 g/mol. The second-order valence-corrected chi connectivity index (χ2v) is 6.32. The van der Waals surface area contributed by atoms with Gasteiger partial charge in [-0.1, -0.05) is 35.4 Å². The SMILES string of the molecule is Cc1ccc(Nc2c(F)cccc2Cl)c(CC(=O)O)c1.NCCOCCO[N+](=O)[O-]. The van der Waals surface area contributed by atoms with Gasteiger partial charge in [0.2, 0.25) is 0 Å². The molecule has 2 rings (SSSR count). The van der Waals surface area contributed by atoms with E-state index >= 15 is 0 Å². The lowest BCUT2D eigenvalue weighted by atomic mass is 10.1. The van der Waals surface area contributed by atoms with Crippen molar-refractivity contribution in [1.82, 2.24) is 0 Å². The van der Waals surface area contributed by atoms with Crippen molar-refractivity contribution in [3.05, 3.63) is 68.5 Å². The first-order chi connectivity index (χ1) is 14.2. The summed E-state index contributed by atoms with van der Waals surface area (Å²) >= 11 is 5.95. The molecule has 0 unspecified atom stereocenters. The number of nitrogens with one attached hydrogen (secondary N) is 1. The number of aliphatic carboxylic acids is 1. The predicted molar refractivity (Wildman–Crippen MR) is 110 cm³/mol. The van der Waals surface area contributed by atoms with Crippen LogP contribution in [-0.2, 0) is 20.8 Å². The van der Waals surface area contributed by atoms with E-state index in [-0.39, 0.29) is 30.3 Å². The van der Waals surface area contributed by atoms with E-state index in [1.165, 1.54) is 12.1 Å². The summed E-state index contributed by atoms with van der Waals surface area (Å²) in [5.41, 5.74) is 7.26. The fraction of sp³-hybridized carbons (Fsp3) is 0.316. The number of benzene rings is 2. The Kier molecular flexibility index (Phi) is 11.1. The van der Waals surface area contributed by atoms with Gasteiger partial charge in [0.25, 0.3) is 5.09 Å². The van der Waals surface area contributed by atoms with Gasteiger partial charge in [-0.2, -0.15) is 0 Å². The second-order valence-electron chi connectivity index (χ2n) is 5.91. The normalized spacial score (nSPS) is 10.0. The lowest BCUT2D eigenvalue weighted by Crippen LogP contribution is -2.13. The quantitative estimate of drug-likeness (QED) is 0.289. The number of carboxylic acids is 1. The molecule has 0 saturated carbocycles. The van der Waals surface area contributed by atoms with Gasteiger partial charge in [-0.05, 0) is 30.7 Å². The third kappa shape index (κ3) is 9.50. The fourth-order valence-electron chi connectivity index (χ4n) is 2.26. The van der Waals surface area contributed by atoms with Crippen molar-refractivity contribution in [3.8, 4) is 0 Å². The molecule has 0 aliphatic carbocycles. The minimum absolute atomic E-state index is 0.0347. The molecule has 0 spiro atoms. The van der Waals surface area contributed by atoms with E-state index < -0.39 is 16.9 Å². The smallest absolute Gasteiger partial charge is 0.307 e. The van der Waals surface area contributed by atoms with Gasteiger partial charge in [-0.3, -0.25) is 4.79 Å². The Labute approximate surface area is 177 Å². The first kappa shape index (κ1) is 25.1. The third-order valence-corrected chi connectivity index (χ3v) is 3.83. The summed E-state index contributed by atoms with van der Waals surface area (Å²) in [6, 6.07) is 9.66. The summed E-state index contributed by atoms with van der Waals surface area (Å²) in [6.07, 6.45) is -0.143. The molecule has 0 aliphatic heterocycles. The number of nitrogens with two attached hydrogens (primary N) is 1. The molecule has 4 N–H and O–H groups in total. The highest BCUT2D eigenvalue weighted by Crippen LogP contribution is 2.30. The number of halogens is 2. The van der Waals surface area contributed by atoms with Crippen molar-refractivity contribution in [2.75, 3.05) is 31.7 Å². The molecule has 0 aliphatic rings. The Morgan fingerprint density at radius 2 is 2.03 bits per heavy atom. The van der Waals surface area contributed by atoms with E-state index in [0.717, 1.165) is 5.56 Å². The Morgan fingerprint density at radius 1 is 1.30 bits per heavy atom. The molecule has 30 heavy (non-hydrogen) atoms. The van der Waals surface area contributed by atoms with Crippen LogP contribution in [0.2, 0.25) is 5.02 Å². The summed E-state index contributed by atoms with van der Waals surface area (Å²) in [5, 5.41) is 20.7. The van der Waals surface area contributed by atoms with Crippen molar-refractivity contribution in [2.45, 2.75) is 13.3 Å². The molecular weight excluding hydrogens is 421 g/mol. The van der Waals surface area contributed by atoms with E-state index in [1.54, 1.807) is 18.2 Å². The first-order valence-electron chi connectivity index (χ1n) is 8.82. The molecule has 0 atom stereocenters. The van der Waals surface area contributed by atoms with Crippen LogP contribution in [0.5, 0.6) is 0 Å². The summed E-state index contributed by atoms with van der Waals surface area (Å²) < 4.78 is 18.5. The van der Waals surface area contributed by atoms with Crippen LogP contribution >= 0.6 is 11.6 Å². The number of aryl methyl sites for hydroxylation is 1. The van der Waals surface area contributed by atoms with Crippen LogP contribution in [-0.4, -0.2) is 42.5 Å². The third-order valence-electron chi connectivity index (χ3n) is 3.51. The minimum atomic E-state index is -0.946. The summed E-state index contributed by atoms with van der Waals surface area (Å²) in [5.74, 6) is -1.43. The number of para-hydroxylation sites is 1. The average molecular weight is 444 g/mol. The van der Waals surface area contributed by atoms with Crippen molar-refractivity contribution in [2.24, 2.45) is 5.73 Å². The number of carbonyl (C=O) groups is 1. The zero-order chi connectivity index (χ0) is 22.5. The van der Waals surface area contributed by atoms with Gasteiger partial charge in [-0.15, -0.1) is 10.1 Å². The molecule has 0 fully saturated rings. The molecule has 2 aromatic carbocycles. The Bertz CT molecular complexity index is 833. The van der Waals surface area contributed by atoms with Gasteiger partial charge < -0.3 is 25.7 Å². The lowest BCUT2D eigenvalue weighted by Gasteiger charge is -2.13. The highest BCUT2D eigenvalue weighted by Gasteiger charge is 2.11. The molecule has 9 nitrogen and oxygen atoms in total. The maximum atomic E-state index is 13.7. The average Bonchev–Trinajstić information content (AvgIpc) is 2.66. The van der Waals surface area contributed by atoms with Gasteiger partial charge in [-0.25, -0.2) is 4.39 Å². The molecule has 0 aromatic heterocycles. The van der Waals surface area contributed by atoms with Gasteiger partial charge in [0.15, 0.2) is 0 Å². The van der Waals surface area contributed by atoms with Crippen molar-refractivity contribution in [3.63, 3.8) is 0 Å². The van der Waals surface area contributed by atoms with E-state index in [1.807, 2.05) is 13.0 Å². The number of anilines is 2. The standard InChI is InChI=1S/C15H13ClFNO2.C4H10N2O4/c1-9-5-6-13(10(7-9)8-14(19)20)18-15-11(16)3-2-4-12(15)17;5-1-2-9-3-4-10-6(7)8/h2-7,18H,8H2,1H3,(H,19,20);1-5H2.